The van der Waals surface area contributed by atoms with Crippen molar-refractivity contribution in [2.45, 2.75) is 6.18 Å². The van der Waals surface area contributed by atoms with E-state index in [1.54, 1.807) is 13.1 Å². The molecule has 0 atom stereocenters. The summed E-state index contributed by atoms with van der Waals surface area (Å²) in [5.74, 6) is -0.489. The highest BCUT2D eigenvalue weighted by atomic mass is 19.4. The topological polar surface area (TPSA) is 54.0 Å². The summed E-state index contributed by atoms with van der Waals surface area (Å²) in [7, 11) is 1.72. The van der Waals surface area contributed by atoms with Crippen LogP contribution in [0.3, 0.4) is 0 Å². The summed E-state index contributed by atoms with van der Waals surface area (Å²) in [6.07, 6.45) is -2.91. The number of carbonyl (C=O) groups is 1. The third kappa shape index (κ3) is 3.71. The number of hydrogen-bond acceptors (Lipinski definition) is 3. The standard InChI is InChI=1S/C14H12F3N3O/c1-18-11-6-7-12(19-8-11)13(21)20-10-4-2-9(3-5-10)14(15,16)17/h2-8,18H,1H3,(H,20,21). The fourth-order valence-corrected chi connectivity index (χ4v) is 1.61. The van der Waals surface area contributed by atoms with Gasteiger partial charge in [-0.1, -0.05) is 0 Å². The van der Waals surface area contributed by atoms with Gasteiger partial charge in [0.1, 0.15) is 5.69 Å². The predicted octanol–water partition coefficient (Wildman–Crippen LogP) is 3.39. The van der Waals surface area contributed by atoms with Gasteiger partial charge >= 0.3 is 6.18 Å². The van der Waals surface area contributed by atoms with E-state index in [0.29, 0.717) is 0 Å². The van der Waals surface area contributed by atoms with E-state index in [2.05, 4.69) is 15.6 Å². The number of carbonyl (C=O) groups excluding carboxylic acids is 1. The van der Waals surface area contributed by atoms with Gasteiger partial charge in [0.2, 0.25) is 0 Å². The van der Waals surface area contributed by atoms with Crippen molar-refractivity contribution in [1.29, 1.82) is 0 Å². The first-order chi connectivity index (χ1) is 9.90. The zero-order valence-electron chi connectivity index (χ0n) is 11.0. The summed E-state index contributed by atoms with van der Waals surface area (Å²) in [6.45, 7) is 0. The number of nitrogens with zero attached hydrogens (tertiary/aromatic N) is 1. The van der Waals surface area contributed by atoms with Crippen molar-refractivity contribution in [3.63, 3.8) is 0 Å². The fourth-order valence-electron chi connectivity index (χ4n) is 1.61. The average Bonchev–Trinajstić information content (AvgIpc) is 2.47. The summed E-state index contributed by atoms with van der Waals surface area (Å²) < 4.78 is 37.2. The van der Waals surface area contributed by atoms with E-state index in [4.69, 9.17) is 0 Å². The molecule has 7 heteroatoms. The molecule has 110 valence electrons. The van der Waals surface area contributed by atoms with Gasteiger partial charge in [0.15, 0.2) is 0 Å². The molecular formula is C14H12F3N3O. The zero-order valence-corrected chi connectivity index (χ0v) is 11.0. The molecule has 1 aromatic heterocycles. The number of anilines is 2. The normalized spacial score (nSPS) is 11.0. The second kappa shape index (κ2) is 5.82. The van der Waals surface area contributed by atoms with E-state index >= 15 is 0 Å². The maximum Gasteiger partial charge on any atom is 0.416 e. The third-order valence-electron chi connectivity index (χ3n) is 2.75. The molecule has 0 unspecified atom stereocenters. The highest BCUT2D eigenvalue weighted by Crippen LogP contribution is 2.29. The molecule has 0 aliphatic heterocycles. The summed E-state index contributed by atoms with van der Waals surface area (Å²) >= 11 is 0. The highest BCUT2D eigenvalue weighted by Gasteiger charge is 2.29. The molecule has 2 aromatic rings. The largest absolute Gasteiger partial charge is 0.416 e. The van der Waals surface area contributed by atoms with Crippen molar-refractivity contribution < 1.29 is 18.0 Å². The summed E-state index contributed by atoms with van der Waals surface area (Å²) in [6, 6.07) is 7.41. The molecule has 21 heavy (non-hydrogen) atoms. The predicted molar refractivity (Wildman–Crippen MR) is 73.2 cm³/mol. The van der Waals surface area contributed by atoms with Crippen molar-refractivity contribution in [2.24, 2.45) is 0 Å². The van der Waals surface area contributed by atoms with E-state index < -0.39 is 17.6 Å². The van der Waals surface area contributed by atoms with Crippen LogP contribution < -0.4 is 10.6 Å². The molecule has 2 N–H and O–H groups in total. The first-order valence-electron chi connectivity index (χ1n) is 6.02. The van der Waals surface area contributed by atoms with Crippen molar-refractivity contribution in [3.05, 3.63) is 53.9 Å². The average molecular weight is 295 g/mol. The summed E-state index contributed by atoms with van der Waals surface area (Å²) in [5.41, 5.74) is 0.430. The van der Waals surface area contributed by atoms with Crippen LogP contribution in [0.2, 0.25) is 0 Å². The number of benzene rings is 1. The smallest absolute Gasteiger partial charge is 0.387 e. The molecule has 1 amide bonds. The van der Waals surface area contributed by atoms with Crippen LogP contribution >= 0.6 is 0 Å². The quantitative estimate of drug-likeness (QED) is 0.912. The Balaban J connectivity index is 2.08. The maximum atomic E-state index is 12.4. The van der Waals surface area contributed by atoms with Crippen LogP contribution in [0.15, 0.2) is 42.6 Å². The Hall–Kier alpha value is -2.57. The van der Waals surface area contributed by atoms with Crippen LogP contribution in [0, 0.1) is 0 Å². The Labute approximate surface area is 119 Å². The second-order valence-electron chi connectivity index (χ2n) is 4.21. The molecule has 1 heterocycles. The minimum Gasteiger partial charge on any atom is -0.387 e. The lowest BCUT2D eigenvalue weighted by Crippen LogP contribution is -2.14. The zero-order chi connectivity index (χ0) is 15.5. The molecule has 0 saturated carbocycles. The molecule has 0 bridgehead atoms. The molecule has 4 nitrogen and oxygen atoms in total. The lowest BCUT2D eigenvalue weighted by atomic mass is 10.2. The van der Waals surface area contributed by atoms with E-state index in [1.165, 1.54) is 24.4 Å². The van der Waals surface area contributed by atoms with Gasteiger partial charge in [0.25, 0.3) is 5.91 Å². The van der Waals surface area contributed by atoms with Crippen LogP contribution in [0.1, 0.15) is 16.1 Å². The molecule has 0 saturated heterocycles. The van der Waals surface area contributed by atoms with Gasteiger partial charge in [0, 0.05) is 12.7 Å². The number of halogens is 3. The van der Waals surface area contributed by atoms with Gasteiger partial charge in [0.05, 0.1) is 17.4 Å². The van der Waals surface area contributed by atoms with Gasteiger partial charge in [-0.15, -0.1) is 0 Å². The van der Waals surface area contributed by atoms with Gasteiger partial charge in [-0.05, 0) is 36.4 Å². The lowest BCUT2D eigenvalue weighted by molar-refractivity contribution is -0.137. The Morgan fingerprint density at radius 1 is 1.05 bits per heavy atom. The second-order valence-corrected chi connectivity index (χ2v) is 4.21. The fraction of sp³-hybridized carbons (Fsp3) is 0.143. The SMILES string of the molecule is CNc1ccc(C(=O)Nc2ccc(C(F)(F)F)cc2)nc1. The number of alkyl halides is 3. The number of amides is 1. The maximum absolute atomic E-state index is 12.4. The highest BCUT2D eigenvalue weighted by molar-refractivity contribution is 6.02. The minimum absolute atomic E-state index is 0.175. The van der Waals surface area contributed by atoms with E-state index in [0.717, 1.165) is 17.8 Å². The van der Waals surface area contributed by atoms with Crippen molar-refractivity contribution in [1.82, 2.24) is 4.98 Å². The Morgan fingerprint density at radius 2 is 1.67 bits per heavy atom. The summed E-state index contributed by atoms with van der Waals surface area (Å²) in [5, 5.41) is 5.35. The number of hydrogen-bond donors (Lipinski definition) is 2. The van der Waals surface area contributed by atoms with Gasteiger partial charge in [-0.3, -0.25) is 4.79 Å². The monoisotopic (exact) mass is 295 g/mol. The molecule has 0 radical (unpaired) electrons. The van der Waals surface area contributed by atoms with Crippen LogP contribution in [0.4, 0.5) is 24.5 Å². The summed E-state index contributed by atoms with van der Waals surface area (Å²) in [4.78, 5) is 15.8. The Kier molecular flexibility index (Phi) is 4.11. The molecule has 2 rings (SSSR count). The van der Waals surface area contributed by atoms with Gasteiger partial charge < -0.3 is 10.6 Å². The third-order valence-corrected chi connectivity index (χ3v) is 2.75. The van der Waals surface area contributed by atoms with Gasteiger partial charge in [-0.2, -0.15) is 13.2 Å². The van der Waals surface area contributed by atoms with E-state index in [-0.39, 0.29) is 11.4 Å². The number of aromatic nitrogens is 1. The molecule has 0 spiro atoms. The molecule has 0 aliphatic carbocycles. The van der Waals surface area contributed by atoms with E-state index in [1.807, 2.05) is 0 Å². The molecule has 1 aromatic carbocycles. The molecule has 0 aliphatic rings. The van der Waals surface area contributed by atoms with Crippen LogP contribution in [-0.4, -0.2) is 17.9 Å². The van der Waals surface area contributed by atoms with Crippen molar-refractivity contribution in [3.8, 4) is 0 Å². The molecular weight excluding hydrogens is 283 g/mol. The van der Waals surface area contributed by atoms with Crippen LogP contribution in [0.5, 0.6) is 0 Å². The van der Waals surface area contributed by atoms with Crippen LogP contribution in [0.25, 0.3) is 0 Å². The lowest BCUT2D eigenvalue weighted by Gasteiger charge is -2.08. The van der Waals surface area contributed by atoms with E-state index in [9.17, 15) is 18.0 Å². The minimum atomic E-state index is -4.40. The number of nitrogens with one attached hydrogen (secondary N) is 2. The van der Waals surface area contributed by atoms with Crippen molar-refractivity contribution in [2.75, 3.05) is 17.7 Å². The molecule has 0 fully saturated rings. The van der Waals surface area contributed by atoms with Gasteiger partial charge in [-0.25, -0.2) is 4.98 Å². The number of rotatable bonds is 3. The first-order valence-corrected chi connectivity index (χ1v) is 6.02. The Bertz CT molecular complexity index is 621. The first kappa shape index (κ1) is 14.8. The van der Waals surface area contributed by atoms with Crippen LogP contribution in [-0.2, 0) is 6.18 Å². The Morgan fingerprint density at radius 3 is 2.14 bits per heavy atom. The number of pyridine rings is 1. The van der Waals surface area contributed by atoms with Crippen molar-refractivity contribution >= 4 is 17.3 Å².